The molecule has 0 aliphatic rings. The second-order valence-corrected chi connectivity index (χ2v) is 3.74. The minimum atomic E-state index is 0.513. The maximum Gasteiger partial charge on any atom is 0.237 e. The molecule has 0 fully saturated rings. The number of hydrogen-bond acceptors (Lipinski definition) is 4. The van der Waals surface area contributed by atoms with E-state index in [9.17, 15) is 0 Å². The van der Waals surface area contributed by atoms with E-state index < -0.39 is 0 Å². The zero-order valence-corrected chi connectivity index (χ0v) is 9.97. The van der Waals surface area contributed by atoms with Gasteiger partial charge in [0.2, 0.25) is 5.88 Å². The summed E-state index contributed by atoms with van der Waals surface area (Å²) in [6.07, 6.45) is 3.35. The molecule has 0 aliphatic heterocycles. The van der Waals surface area contributed by atoms with Crippen LogP contribution in [0.1, 0.15) is 11.3 Å². The molecule has 0 bridgehead atoms. The van der Waals surface area contributed by atoms with Crippen molar-refractivity contribution in [1.82, 2.24) is 15.3 Å². The van der Waals surface area contributed by atoms with Crippen LogP contribution < -0.4 is 10.1 Å². The van der Waals surface area contributed by atoms with Crippen molar-refractivity contribution in [2.24, 2.45) is 0 Å². The van der Waals surface area contributed by atoms with Gasteiger partial charge in [-0.25, -0.2) is 4.98 Å². The number of benzene rings is 1. The summed E-state index contributed by atoms with van der Waals surface area (Å²) in [5.74, 6) is 1.32. The number of nitrogens with one attached hydrogen (secondary N) is 1. The minimum absolute atomic E-state index is 0.513. The van der Waals surface area contributed by atoms with Gasteiger partial charge in [0.1, 0.15) is 5.75 Å². The summed E-state index contributed by atoms with van der Waals surface area (Å²) >= 11 is 0. The number of rotatable bonds is 4. The highest BCUT2D eigenvalue weighted by atomic mass is 16.5. The van der Waals surface area contributed by atoms with Crippen molar-refractivity contribution >= 4 is 0 Å². The summed E-state index contributed by atoms with van der Waals surface area (Å²) < 4.78 is 5.65. The average molecular weight is 229 g/mol. The Morgan fingerprint density at radius 2 is 2.00 bits per heavy atom. The molecule has 0 radical (unpaired) electrons. The Bertz CT molecular complexity index is 482. The van der Waals surface area contributed by atoms with Crippen molar-refractivity contribution in [3.63, 3.8) is 0 Å². The third-order valence-corrected chi connectivity index (χ3v) is 2.35. The predicted molar refractivity (Wildman–Crippen MR) is 66.0 cm³/mol. The standard InChI is InChI=1S/C13H15N3O/c1-10-5-3-4-6-12(10)17-13-9-15-11(7-14-2)8-16-13/h3-6,8-9,14H,7H2,1-2H3. The molecule has 0 spiro atoms. The van der Waals surface area contributed by atoms with Gasteiger partial charge < -0.3 is 10.1 Å². The molecule has 0 atom stereocenters. The predicted octanol–water partition coefficient (Wildman–Crippen LogP) is 2.30. The molecule has 0 aliphatic carbocycles. The molecule has 4 nitrogen and oxygen atoms in total. The lowest BCUT2D eigenvalue weighted by atomic mass is 10.2. The lowest BCUT2D eigenvalue weighted by Crippen LogP contribution is -2.07. The van der Waals surface area contributed by atoms with Crippen LogP contribution >= 0.6 is 0 Å². The fourth-order valence-corrected chi connectivity index (χ4v) is 1.45. The first-order valence-electron chi connectivity index (χ1n) is 5.48. The Labute approximate surface area is 101 Å². The lowest BCUT2D eigenvalue weighted by Gasteiger charge is -2.07. The monoisotopic (exact) mass is 229 g/mol. The summed E-state index contributed by atoms with van der Waals surface area (Å²) in [7, 11) is 1.87. The van der Waals surface area contributed by atoms with Gasteiger partial charge in [-0.05, 0) is 25.6 Å². The first-order valence-corrected chi connectivity index (χ1v) is 5.48. The third-order valence-electron chi connectivity index (χ3n) is 2.35. The Hall–Kier alpha value is -1.94. The van der Waals surface area contributed by atoms with Gasteiger partial charge in [0.15, 0.2) is 0 Å². The minimum Gasteiger partial charge on any atom is -0.437 e. The SMILES string of the molecule is CNCc1cnc(Oc2ccccc2C)cn1. The van der Waals surface area contributed by atoms with Crippen LogP contribution in [0.4, 0.5) is 0 Å². The second kappa shape index (κ2) is 5.41. The first kappa shape index (κ1) is 11.5. The van der Waals surface area contributed by atoms with Crippen molar-refractivity contribution in [1.29, 1.82) is 0 Å². The van der Waals surface area contributed by atoms with Gasteiger partial charge in [-0.2, -0.15) is 0 Å². The van der Waals surface area contributed by atoms with Crippen LogP contribution in [0.2, 0.25) is 0 Å². The van der Waals surface area contributed by atoms with Crippen LogP contribution in [0.3, 0.4) is 0 Å². The van der Waals surface area contributed by atoms with Crippen molar-refractivity contribution in [2.45, 2.75) is 13.5 Å². The van der Waals surface area contributed by atoms with E-state index >= 15 is 0 Å². The van der Waals surface area contributed by atoms with Crippen LogP contribution in [0, 0.1) is 6.92 Å². The topological polar surface area (TPSA) is 47.0 Å². The van der Waals surface area contributed by atoms with Gasteiger partial charge in [0, 0.05) is 6.54 Å². The highest BCUT2D eigenvalue weighted by Gasteiger charge is 2.02. The number of aryl methyl sites for hydroxylation is 1. The molecule has 0 amide bonds. The van der Waals surface area contributed by atoms with E-state index in [4.69, 9.17) is 4.74 Å². The molecule has 1 aromatic carbocycles. The molecule has 2 aromatic rings. The fourth-order valence-electron chi connectivity index (χ4n) is 1.45. The van der Waals surface area contributed by atoms with Crippen LogP contribution in [0.15, 0.2) is 36.7 Å². The summed E-state index contributed by atoms with van der Waals surface area (Å²) in [4.78, 5) is 8.45. The highest BCUT2D eigenvalue weighted by Crippen LogP contribution is 2.22. The molecule has 0 unspecified atom stereocenters. The molecule has 1 heterocycles. The van der Waals surface area contributed by atoms with Gasteiger partial charge in [-0.1, -0.05) is 18.2 Å². The van der Waals surface area contributed by atoms with Crippen LogP contribution in [-0.2, 0) is 6.54 Å². The quantitative estimate of drug-likeness (QED) is 0.873. The maximum absolute atomic E-state index is 5.65. The first-order chi connectivity index (χ1) is 8.29. The largest absolute Gasteiger partial charge is 0.437 e. The normalized spacial score (nSPS) is 10.2. The van der Waals surface area contributed by atoms with Gasteiger partial charge in [-0.15, -0.1) is 0 Å². The van der Waals surface area contributed by atoms with Gasteiger partial charge in [0.25, 0.3) is 0 Å². The van der Waals surface area contributed by atoms with Crippen LogP contribution in [0.5, 0.6) is 11.6 Å². The molecule has 0 saturated heterocycles. The van der Waals surface area contributed by atoms with Crippen LogP contribution in [-0.4, -0.2) is 17.0 Å². The van der Waals surface area contributed by atoms with Crippen LogP contribution in [0.25, 0.3) is 0 Å². The van der Waals surface area contributed by atoms with E-state index in [0.717, 1.165) is 17.0 Å². The molecule has 17 heavy (non-hydrogen) atoms. The van der Waals surface area contributed by atoms with E-state index in [1.807, 2.05) is 38.2 Å². The van der Waals surface area contributed by atoms with E-state index in [1.54, 1.807) is 12.4 Å². The van der Waals surface area contributed by atoms with Crippen molar-refractivity contribution in [2.75, 3.05) is 7.05 Å². The molecule has 0 saturated carbocycles. The molecule has 4 heteroatoms. The number of ether oxygens (including phenoxy) is 1. The van der Waals surface area contributed by atoms with E-state index in [-0.39, 0.29) is 0 Å². The smallest absolute Gasteiger partial charge is 0.237 e. The van der Waals surface area contributed by atoms with Gasteiger partial charge >= 0.3 is 0 Å². The summed E-state index contributed by atoms with van der Waals surface area (Å²) in [5.41, 5.74) is 1.97. The highest BCUT2D eigenvalue weighted by molar-refractivity contribution is 5.34. The van der Waals surface area contributed by atoms with Crippen molar-refractivity contribution in [3.8, 4) is 11.6 Å². The Balaban J connectivity index is 2.11. The zero-order chi connectivity index (χ0) is 12.1. The maximum atomic E-state index is 5.65. The summed E-state index contributed by atoms with van der Waals surface area (Å²) in [6, 6.07) is 7.83. The summed E-state index contributed by atoms with van der Waals surface area (Å²) in [5, 5.41) is 3.02. The summed E-state index contributed by atoms with van der Waals surface area (Å²) in [6.45, 7) is 2.70. The number of hydrogen-bond donors (Lipinski definition) is 1. The van der Waals surface area contributed by atoms with Crippen molar-refractivity contribution in [3.05, 3.63) is 47.9 Å². The fraction of sp³-hybridized carbons (Fsp3) is 0.231. The second-order valence-electron chi connectivity index (χ2n) is 3.74. The molecule has 88 valence electrons. The number of nitrogens with zero attached hydrogens (tertiary/aromatic N) is 2. The molecular formula is C13H15N3O. The van der Waals surface area contributed by atoms with E-state index in [0.29, 0.717) is 12.4 Å². The lowest BCUT2D eigenvalue weighted by molar-refractivity contribution is 0.455. The number of para-hydroxylation sites is 1. The van der Waals surface area contributed by atoms with Gasteiger partial charge in [-0.3, -0.25) is 4.98 Å². The van der Waals surface area contributed by atoms with E-state index in [1.165, 1.54) is 0 Å². The molecule has 1 N–H and O–H groups in total. The van der Waals surface area contributed by atoms with Crippen molar-refractivity contribution < 1.29 is 4.74 Å². The van der Waals surface area contributed by atoms with E-state index in [2.05, 4.69) is 15.3 Å². The Morgan fingerprint density at radius 1 is 1.18 bits per heavy atom. The zero-order valence-electron chi connectivity index (χ0n) is 9.97. The Kier molecular flexibility index (Phi) is 3.67. The third kappa shape index (κ3) is 3.01. The van der Waals surface area contributed by atoms with Gasteiger partial charge in [0.05, 0.1) is 18.1 Å². The molecule has 1 aromatic heterocycles. The molecule has 2 rings (SSSR count). The molecular weight excluding hydrogens is 214 g/mol. The Morgan fingerprint density at radius 3 is 2.65 bits per heavy atom. The average Bonchev–Trinajstić information content (AvgIpc) is 2.35. The number of aromatic nitrogens is 2.